The predicted molar refractivity (Wildman–Crippen MR) is 90.6 cm³/mol. The van der Waals surface area contributed by atoms with Crippen LogP contribution in [-0.4, -0.2) is 28.1 Å². The average molecular weight is 337 g/mol. The van der Waals surface area contributed by atoms with E-state index < -0.39 is 23.5 Å². The lowest BCUT2D eigenvalue weighted by atomic mass is 9.77. The number of amides is 2. The summed E-state index contributed by atoms with van der Waals surface area (Å²) in [6.07, 6.45) is 2.21. The lowest BCUT2D eigenvalue weighted by Gasteiger charge is -2.40. The number of nitrogens with zero attached hydrogens (tertiary/aromatic N) is 1. The number of benzene rings is 2. The molecule has 1 aliphatic heterocycles. The van der Waals surface area contributed by atoms with E-state index >= 15 is 0 Å². The molecule has 0 spiro atoms. The van der Waals surface area contributed by atoms with Gasteiger partial charge in [-0.25, -0.2) is 0 Å². The van der Waals surface area contributed by atoms with Crippen molar-refractivity contribution in [3.05, 3.63) is 71.3 Å². The molecule has 1 saturated carbocycles. The predicted octanol–water partition coefficient (Wildman–Crippen LogP) is 3.04. The molecule has 0 bridgehead atoms. The Balaban J connectivity index is 1.63. The van der Waals surface area contributed by atoms with Gasteiger partial charge in [-0.3, -0.25) is 14.4 Å². The fourth-order valence-electron chi connectivity index (χ4n) is 3.71. The van der Waals surface area contributed by atoms with Gasteiger partial charge in [-0.15, -0.1) is 5.06 Å². The summed E-state index contributed by atoms with van der Waals surface area (Å²) in [5.41, 5.74) is 0.212. The number of aliphatic hydroxyl groups is 1. The lowest BCUT2D eigenvalue weighted by molar-refractivity contribution is -0.215. The molecular weight excluding hydrogens is 318 g/mol. The summed E-state index contributed by atoms with van der Waals surface area (Å²) >= 11 is 0. The van der Waals surface area contributed by atoms with Crippen LogP contribution in [0.3, 0.4) is 0 Å². The monoisotopic (exact) mass is 337 g/mol. The van der Waals surface area contributed by atoms with Crippen LogP contribution in [0.4, 0.5) is 0 Å². The molecular formula is C20H19NO4. The molecule has 1 heterocycles. The van der Waals surface area contributed by atoms with E-state index in [2.05, 4.69) is 0 Å². The van der Waals surface area contributed by atoms with E-state index in [1.165, 1.54) is 0 Å². The zero-order valence-electron chi connectivity index (χ0n) is 13.7. The first-order valence-electron chi connectivity index (χ1n) is 8.54. The molecule has 2 aliphatic rings. The first kappa shape index (κ1) is 16.0. The summed E-state index contributed by atoms with van der Waals surface area (Å²) in [7, 11) is 0. The van der Waals surface area contributed by atoms with Crippen molar-refractivity contribution in [1.82, 2.24) is 5.06 Å². The highest BCUT2D eigenvalue weighted by atomic mass is 16.7. The Labute approximate surface area is 145 Å². The van der Waals surface area contributed by atoms with E-state index in [0.717, 1.165) is 23.5 Å². The second-order valence-electron chi connectivity index (χ2n) is 6.58. The molecule has 0 saturated heterocycles. The first-order valence-corrected chi connectivity index (χ1v) is 8.54. The van der Waals surface area contributed by atoms with Crippen LogP contribution < -0.4 is 0 Å². The molecule has 2 atom stereocenters. The molecule has 25 heavy (non-hydrogen) atoms. The van der Waals surface area contributed by atoms with Gasteiger partial charge in [0.1, 0.15) is 11.7 Å². The van der Waals surface area contributed by atoms with Crippen molar-refractivity contribution in [3.8, 4) is 0 Å². The van der Waals surface area contributed by atoms with E-state index in [1.807, 2.05) is 30.3 Å². The Morgan fingerprint density at radius 2 is 1.52 bits per heavy atom. The van der Waals surface area contributed by atoms with Gasteiger partial charge in [-0.1, -0.05) is 55.3 Å². The Morgan fingerprint density at radius 1 is 0.920 bits per heavy atom. The van der Waals surface area contributed by atoms with Crippen LogP contribution in [0.15, 0.2) is 54.6 Å². The van der Waals surface area contributed by atoms with Gasteiger partial charge in [-0.05, 0) is 30.5 Å². The number of fused-ring (bicyclic) bond motifs is 1. The van der Waals surface area contributed by atoms with Crippen molar-refractivity contribution in [2.24, 2.45) is 0 Å². The summed E-state index contributed by atoms with van der Waals surface area (Å²) in [5.74, 6) is -0.942. The lowest BCUT2D eigenvalue weighted by Crippen LogP contribution is -2.48. The Bertz CT molecular complexity index is 784. The SMILES string of the molecule is O=C1c2ccccc2C(=O)N1O[C@H]1CCCC[C@@]1(O)c1ccccc1. The van der Waals surface area contributed by atoms with Gasteiger partial charge in [0, 0.05) is 0 Å². The number of hydrogen-bond donors (Lipinski definition) is 1. The number of hydroxylamine groups is 2. The topological polar surface area (TPSA) is 66.8 Å². The summed E-state index contributed by atoms with van der Waals surface area (Å²) in [6.45, 7) is 0. The van der Waals surface area contributed by atoms with Crippen LogP contribution in [0.25, 0.3) is 0 Å². The normalized spacial score (nSPS) is 26.0. The molecule has 0 aromatic heterocycles. The summed E-state index contributed by atoms with van der Waals surface area (Å²) in [5, 5.41) is 12.1. The van der Waals surface area contributed by atoms with Gasteiger partial charge in [0.15, 0.2) is 0 Å². The maximum absolute atomic E-state index is 12.5. The zero-order valence-corrected chi connectivity index (χ0v) is 13.7. The summed E-state index contributed by atoms with van der Waals surface area (Å²) < 4.78 is 0. The van der Waals surface area contributed by atoms with Crippen molar-refractivity contribution >= 4 is 11.8 Å². The second kappa shape index (κ2) is 6.10. The molecule has 2 aromatic rings. The van der Waals surface area contributed by atoms with Crippen LogP contribution in [0.2, 0.25) is 0 Å². The molecule has 2 amide bonds. The highest BCUT2D eigenvalue weighted by Gasteiger charge is 2.46. The molecule has 2 aromatic carbocycles. The van der Waals surface area contributed by atoms with E-state index in [0.29, 0.717) is 24.0 Å². The van der Waals surface area contributed by atoms with Crippen molar-refractivity contribution in [2.75, 3.05) is 0 Å². The van der Waals surface area contributed by atoms with Gasteiger partial charge in [0.2, 0.25) is 0 Å². The fraction of sp³-hybridized carbons (Fsp3) is 0.300. The molecule has 4 rings (SSSR count). The third kappa shape index (κ3) is 2.56. The minimum absolute atomic E-state index is 0.339. The highest BCUT2D eigenvalue weighted by molar-refractivity contribution is 6.20. The third-order valence-electron chi connectivity index (χ3n) is 5.07. The van der Waals surface area contributed by atoms with E-state index in [-0.39, 0.29) is 0 Å². The molecule has 0 radical (unpaired) electrons. The number of carbonyl (C=O) groups is 2. The van der Waals surface area contributed by atoms with Crippen molar-refractivity contribution < 1.29 is 19.5 Å². The van der Waals surface area contributed by atoms with Crippen LogP contribution in [-0.2, 0) is 10.4 Å². The largest absolute Gasteiger partial charge is 0.382 e. The third-order valence-corrected chi connectivity index (χ3v) is 5.07. The van der Waals surface area contributed by atoms with Crippen LogP contribution in [0.1, 0.15) is 52.0 Å². The number of carbonyl (C=O) groups excluding carboxylic acids is 2. The summed E-state index contributed by atoms with van der Waals surface area (Å²) in [6, 6.07) is 16.0. The van der Waals surface area contributed by atoms with Crippen LogP contribution in [0.5, 0.6) is 0 Å². The highest BCUT2D eigenvalue weighted by Crippen LogP contribution is 2.40. The number of hydrogen-bond acceptors (Lipinski definition) is 4. The quantitative estimate of drug-likeness (QED) is 0.874. The molecule has 5 nitrogen and oxygen atoms in total. The van der Waals surface area contributed by atoms with Gasteiger partial charge < -0.3 is 5.11 Å². The molecule has 1 N–H and O–H groups in total. The van der Waals surface area contributed by atoms with Crippen LogP contribution in [0, 0.1) is 0 Å². The fourth-order valence-corrected chi connectivity index (χ4v) is 3.71. The number of rotatable bonds is 3. The standard InChI is InChI=1S/C20H19NO4/c22-18-15-10-4-5-11-16(15)19(23)21(18)25-17-12-6-7-13-20(17,24)14-8-2-1-3-9-14/h1-5,8-11,17,24H,6-7,12-13H2/t17-,20+/m0/s1. The first-order chi connectivity index (χ1) is 12.1. The Hall–Kier alpha value is -2.50. The van der Waals surface area contributed by atoms with Crippen molar-refractivity contribution in [2.45, 2.75) is 37.4 Å². The Morgan fingerprint density at radius 3 is 2.16 bits per heavy atom. The molecule has 1 fully saturated rings. The summed E-state index contributed by atoms with van der Waals surface area (Å²) in [4.78, 5) is 30.9. The molecule has 5 heteroatoms. The van der Waals surface area contributed by atoms with E-state index in [1.54, 1.807) is 24.3 Å². The van der Waals surface area contributed by atoms with Gasteiger partial charge >= 0.3 is 0 Å². The van der Waals surface area contributed by atoms with Gasteiger partial charge in [-0.2, -0.15) is 0 Å². The van der Waals surface area contributed by atoms with E-state index in [4.69, 9.17) is 4.84 Å². The average Bonchev–Trinajstić information content (AvgIpc) is 2.89. The second-order valence-corrected chi connectivity index (χ2v) is 6.58. The molecule has 128 valence electrons. The smallest absolute Gasteiger partial charge is 0.285 e. The van der Waals surface area contributed by atoms with E-state index in [9.17, 15) is 14.7 Å². The minimum atomic E-state index is -1.21. The van der Waals surface area contributed by atoms with Gasteiger partial charge in [0.05, 0.1) is 11.1 Å². The Kier molecular flexibility index (Phi) is 3.90. The maximum atomic E-state index is 12.5. The van der Waals surface area contributed by atoms with Gasteiger partial charge in [0.25, 0.3) is 11.8 Å². The van der Waals surface area contributed by atoms with Crippen molar-refractivity contribution in [3.63, 3.8) is 0 Å². The number of imide groups is 1. The maximum Gasteiger partial charge on any atom is 0.285 e. The van der Waals surface area contributed by atoms with Crippen molar-refractivity contribution in [1.29, 1.82) is 0 Å². The van der Waals surface area contributed by atoms with Crippen LogP contribution >= 0.6 is 0 Å². The molecule has 0 unspecified atom stereocenters. The molecule has 1 aliphatic carbocycles. The zero-order chi connectivity index (χ0) is 17.4. The minimum Gasteiger partial charge on any atom is -0.382 e.